The highest BCUT2D eigenvalue weighted by Crippen LogP contribution is 2.20. The molecule has 3 aromatic rings. The molecule has 8 heteroatoms. The number of anilines is 2. The van der Waals surface area contributed by atoms with Gasteiger partial charge in [0.2, 0.25) is 5.91 Å². The van der Waals surface area contributed by atoms with E-state index in [1.54, 1.807) is 29.1 Å². The highest BCUT2D eigenvalue weighted by Gasteiger charge is 2.10. The summed E-state index contributed by atoms with van der Waals surface area (Å²) in [4.78, 5) is 24.0. The van der Waals surface area contributed by atoms with Crippen LogP contribution in [0.25, 0.3) is 11.0 Å². The van der Waals surface area contributed by atoms with Gasteiger partial charge in [-0.3, -0.25) is 9.78 Å². The van der Waals surface area contributed by atoms with E-state index in [0.29, 0.717) is 27.6 Å². The van der Waals surface area contributed by atoms with E-state index in [2.05, 4.69) is 20.3 Å². The Morgan fingerprint density at radius 2 is 2.24 bits per heavy atom. The number of rotatable bonds is 3. The molecule has 0 aliphatic rings. The number of amides is 1. The maximum Gasteiger partial charge on any atom is 0.244 e. The van der Waals surface area contributed by atoms with Crippen molar-refractivity contribution in [2.75, 3.05) is 11.1 Å². The Bertz CT molecular complexity index is 815. The summed E-state index contributed by atoms with van der Waals surface area (Å²) in [5.41, 5.74) is 6.88. The van der Waals surface area contributed by atoms with Gasteiger partial charge in [-0.25, -0.2) is 9.97 Å². The van der Waals surface area contributed by atoms with Crippen molar-refractivity contribution < 1.29 is 4.79 Å². The smallest absolute Gasteiger partial charge is 0.244 e. The molecule has 0 fully saturated rings. The Labute approximate surface area is 124 Å². The zero-order valence-electron chi connectivity index (χ0n) is 10.8. The second kappa shape index (κ2) is 5.37. The molecular formula is C13H11ClN6O. The van der Waals surface area contributed by atoms with E-state index in [1.165, 1.54) is 12.5 Å². The van der Waals surface area contributed by atoms with Crippen molar-refractivity contribution in [2.24, 2.45) is 0 Å². The predicted molar refractivity (Wildman–Crippen MR) is 79.8 cm³/mol. The van der Waals surface area contributed by atoms with Crippen LogP contribution in [0.1, 0.15) is 0 Å². The molecule has 0 aromatic carbocycles. The van der Waals surface area contributed by atoms with Gasteiger partial charge in [0.05, 0.1) is 16.1 Å². The minimum absolute atomic E-state index is 0.0958. The fourth-order valence-corrected chi connectivity index (χ4v) is 2.14. The lowest BCUT2D eigenvalue weighted by Crippen LogP contribution is -2.18. The van der Waals surface area contributed by atoms with Gasteiger partial charge in [0.15, 0.2) is 0 Å². The molecule has 0 atom stereocenters. The molecule has 0 spiro atoms. The van der Waals surface area contributed by atoms with Crippen molar-refractivity contribution in [2.45, 2.75) is 6.54 Å². The molecular weight excluding hydrogens is 292 g/mol. The molecule has 0 bridgehead atoms. The third-order valence-electron chi connectivity index (χ3n) is 2.95. The number of carbonyl (C=O) groups is 1. The Kier molecular flexibility index (Phi) is 3.41. The standard InChI is InChI=1S/C13H11ClN6O/c14-9-5-16-3-1-10(9)19-11(21)6-20-4-2-8-12(15)17-7-18-13(8)20/h1-5,7H,6H2,(H2,15,17,18)(H,16,19,21). The number of hydrogen-bond acceptors (Lipinski definition) is 5. The summed E-state index contributed by atoms with van der Waals surface area (Å²) in [6, 6.07) is 3.41. The van der Waals surface area contributed by atoms with Gasteiger partial charge in [-0.05, 0) is 12.1 Å². The van der Waals surface area contributed by atoms with E-state index in [4.69, 9.17) is 17.3 Å². The zero-order chi connectivity index (χ0) is 14.8. The molecule has 0 aliphatic carbocycles. The lowest BCUT2D eigenvalue weighted by atomic mass is 10.4. The van der Waals surface area contributed by atoms with Crippen LogP contribution < -0.4 is 11.1 Å². The number of hydrogen-bond donors (Lipinski definition) is 2. The van der Waals surface area contributed by atoms with Crippen molar-refractivity contribution in [3.63, 3.8) is 0 Å². The maximum atomic E-state index is 12.1. The molecule has 3 N–H and O–H groups in total. The molecule has 0 saturated heterocycles. The van der Waals surface area contributed by atoms with Crippen LogP contribution in [0, 0.1) is 0 Å². The predicted octanol–water partition coefficient (Wildman–Crippen LogP) is 1.70. The fourth-order valence-electron chi connectivity index (χ4n) is 1.97. The first-order valence-corrected chi connectivity index (χ1v) is 6.47. The molecule has 3 aromatic heterocycles. The fraction of sp³-hybridized carbons (Fsp3) is 0.0769. The Hall–Kier alpha value is -2.67. The van der Waals surface area contributed by atoms with Gasteiger partial charge < -0.3 is 15.6 Å². The van der Waals surface area contributed by atoms with Crippen LogP contribution in [0.4, 0.5) is 11.5 Å². The molecule has 1 amide bonds. The number of nitrogens with one attached hydrogen (secondary N) is 1. The number of pyridine rings is 1. The van der Waals surface area contributed by atoms with Gasteiger partial charge in [0, 0.05) is 18.6 Å². The van der Waals surface area contributed by atoms with Crippen molar-refractivity contribution in [3.8, 4) is 0 Å². The Morgan fingerprint density at radius 1 is 1.38 bits per heavy atom. The summed E-state index contributed by atoms with van der Waals surface area (Å²) in [5.74, 6) is 0.161. The molecule has 21 heavy (non-hydrogen) atoms. The summed E-state index contributed by atoms with van der Waals surface area (Å²) in [7, 11) is 0. The molecule has 3 heterocycles. The van der Waals surface area contributed by atoms with Gasteiger partial charge in [-0.15, -0.1) is 0 Å². The Balaban J connectivity index is 1.81. The average molecular weight is 303 g/mol. The molecule has 0 unspecified atom stereocenters. The monoisotopic (exact) mass is 302 g/mol. The number of halogens is 1. The Morgan fingerprint density at radius 3 is 3.05 bits per heavy atom. The summed E-state index contributed by atoms with van der Waals surface area (Å²) < 4.78 is 1.69. The van der Waals surface area contributed by atoms with Crippen LogP contribution in [0.5, 0.6) is 0 Å². The number of nitrogens with two attached hydrogens (primary N) is 1. The van der Waals surface area contributed by atoms with E-state index in [9.17, 15) is 4.79 Å². The van der Waals surface area contributed by atoms with Crippen LogP contribution in [-0.2, 0) is 11.3 Å². The molecule has 0 saturated carbocycles. The van der Waals surface area contributed by atoms with Crippen LogP contribution in [-0.4, -0.2) is 25.4 Å². The van der Waals surface area contributed by atoms with Crippen molar-refractivity contribution in [3.05, 3.63) is 42.1 Å². The maximum absolute atomic E-state index is 12.1. The first-order chi connectivity index (χ1) is 10.1. The third kappa shape index (κ3) is 2.63. The topological polar surface area (TPSA) is 98.7 Å². The SMILES string of the molecule is Nc1ncnc2c1ccn2CC(=O)Nc1ccncc1Cl. The largest absolute Gasteiger partial charge is 0.383 e. The van der Waals surface area contributed by atoms with Crippen molar-refractivity contribution >= 4 is 40.0 Å². The van der Waals surface area contributed by atoms with Crippen molar-refractivity contribution in [1.29, 1.82) is 0 Å². The molecule has 106 valence electrons. The van der Waals surface area contributed by atoms with Crippen LogP contribution in [0.2, 0.25) is 5.02 Å². The second-order valence-electron chi connectivity index (χ2n) is 4.34. The van der Waals surface area contributed by atoms with Gasteiger partial charge in [0.1, 0.15) is 24.3 Å². The summed E-state index contributed by atoms with van der Waals surface area (Å²) >= 11 is 5.94. The van der Waals surface area contributed by atoms with Gasteiger partial charge in [-0.2, -0.15) is 0 Å². The van der Waals surface area contributed by atoms with E-state index in [1.807, 2.05) is 0 Å². The highest BCUT2D eigenvalue weighted by molar-refractivity contribution is 6.33. The summed E-state index contributed by atoms with van der Waals surface area (Å²) in [6.07, 6.45) is 6.13. The third-order valence-corrected chi connectivity index (χ3v) is 3.25. The van der Waals surface area contributed by atoms with Crippen molar-refractivity contribution in [1.82, 2.24) is 19.5 Å². The molecule has 3 rings (SSSR count). The normalized spacial score (nSPS) is 10.7. The molecule has 0 radical (unpaired) electrons. The minimum Gasteiger partial charge on any atom is -0.383 e. The van der Waals surface area contributed by atoms with Crippen LogP contribution in [0.3, 0.4) is 0 Å². The van der Waals surface area contributed by atoms with E-state index in [0.717, 1.165) is 0 Å². The average Bonchev–Trinajstić information content (AvgIpc) is 2.86. The first kappa shape index (κ1) is 13.3. The van der Waals surface area contributed by atoms with E-state index in [-0.39, 0.29) is 12.5 Å². The van der Waals surface area contributed by atoms with E-state index >= 15 is 0 Å². The van der Waals surface area contributed by atoms with E-state index < -0.39 is 0 Å². The van der Waals surface area contributed by atoms with Gasteiger partial charge >= 0.3 is 0 Å². The number of aromatic nitrogens is 4. The number of fused-ring (bicyclic) bond motifs is 1. The number of nitrogens with zero attached hydrogens (tertiary/aromatic N) is 4. The summed E-state index contributed by atoms with van der Waals surface area (Å²) in [5, 5.41) is 3.82. The van der Waals surface area contributed by atoms with Crippen LogP contribution >= 0.6 is 11.6 Å². The number of carbonyl (C=O) groups excluding carboxylic acids is 1. The second-order valence-corrected chi connectivity index (χ2v) is 4.75. The zero-order valence-corrected chi connectivity index (χ0v) is 11.6. The van der Waals surface area contributed by atoms with Gasteiger partial charge in [0.25, 0.3) is 0 Å². The minimum atomic E-state index is -0.224. The number of nitrogen functional groups attached to an aromatic ring is 1. The molecule has 0 aliphatic heterocycles. The van der Waals surface area contributed by atoms with Gasteiger partial charge in [-0.1, -0.05) is 11.6 Å². The van der Waals surface area contributed by atoms with Crippen LogP contribution in [0.15, 0.2) is 37.1 Å². The first-order valence-electron chi connectivity index (χ1n) is 6.10. The lowest BCUT2D eigenvalue weighted by molar-refractivity contribution is -0.116. The lowest BCUT2D eigenvalue weighted by Gasteiger charge is -2.08. The quantitative estimate of drug-likeness (QED) is 0.767. The summed E-state index contributed by atoms with van der Waals surface area (Å²) in [6.45, 7) is 0.0958. The molecule has 7 nitrogen and oxygen atoms in total. The highest BCUT2D eigenvalue weighted by atomic mass is 35.5.